The predicted molar refractivity (Wildman–Crippen MR) is 83.5 cm³/mol. The van der Waals surface area contributed by atoms with Gasteiger partial charge in [-0.2, -0.15) is 0 Å². The summed E-state index contributed by atoms with van der Waals surface area (Å²) in [7, 11) is 0. The number of nitrogens with one attached hydrogen (secondary N) is 1. The van der Waals surface area contributed by atoms with Crippen LogP contribution in [0.15, 0.2) is 23.0 Å². The molecule has 0 unspecified atom stereocenters. The van der Waals surface area contributed by atoms with Crippen molar-refractivity contribution in [3.05, 3.63) is 49.1 Å². The van der Waals surface area contributed by atoms with Crippen molar-refractivity contribution in [2.24, 2.45) is 0 Å². The van der Waals surface area contributed by atoms with E-state index in [1.165, 1.54) is 29.5 Å². The van der Waals surface area contributed by atoms with Gasteiger partial charge >= 0.3 is 5.69 Å². The van der Waals surface area contributed by atoms with Crippen molar-refractivity contribution in [1.82, 2.24) is 9.97 Å². The molecule has 0 amide bonds. The van der Waals surface area contributed by atoms with Gasteiger partial charge in [0.15, 0.2) is 5.75 Å². The minimum atomic E-state index is -0.686. The van der Waals surface area contributed by atoms with Crippen LogP contribution in [0.4, 0.5) is 5.69 Å². The molecule has 22 heavy (non-hydrogen) atoms. The van der Waals surface area contributed by atoms with Gasteiger partial charge in [-0.05, 0) is 31.5 Å². The molecule has 3 rings (SSSR count). The molecule has 8 heteroatoms. The van der Waals surface area contributed by atoms with E-state index in [2.05, 4.69) is 9.97 Å². The molecule has 1 aromatic carbocycles. The maximum Gasteiger partial charge on any atom is 0.311 e. The number of aromatic nitrogens is 2. The molecule has 0 saturated heterocycles. The van der Waals surface area contributed by atoms with Gasteiger partial charge in [-0.25, -0.2) is 4.98 Å². The number of nitro groups is 1. The molecule has 0 fully saturated rings. The Morgan fingerprint density at radius 3 is 2.77 bits per heavy atom. The number of phenolic OH excluding ortho intramolecular Hbond substituents is 1. The smallest absolute Gasteiger partial charge is 0.311 e. The first-order chi connectivity index (χ1) is 10.4. The van der Waals surface area contributed by atoms with Gasteiger partial charge in [0, 0.05) is 16.5 Å². The molecule has 0 atom stereocenters. The number of hydrogen-bond donors (Lipinski definition) is 2. The van der Waals surface area contributed by atoms with Gasteiger partial charge in [0.05, 0.1) is 10.3 Å². The van der Waals surface area contributed by atoms with Crippen LogP contribution in [-0.2, 0) is 0 Å². The number of H-pyrrole nitrogens is 1. The van der Waals surface area contributed by atoms with E-state index in [1.807, 2.05) is 13.8 Å². The molecule has 2 heterocycles. The van der Waals surface area contributed by atoms with Crippen LogP contribution in [-0.4, -0.2) is 20.0 Å². The fourth-order valence-corrected chi connectivity index (χ4v) is 3.24. The standard InChI is InChI=1S/C14H11N3O4S/c1-6-7(2)22-14-11(6)13(19)15-12(16-14)8-3-4-10(18)9(5-8)17(20)21/h3-5,18H,1-2H3,(H,15,16,19). The molecule has 2 aromatic heterocycles. The summed E-state index contributed by atoms with van der Waals surface area (Å²) in [6, 6.07) is 3.87. The number of thiophene rings is 1. The number of benzene rings is 1. The molecule has 2 N–H and O–H groups in total. The second-order valence-corrected chi connectivity index (χ2v) is 6.04. The Morgan fingerprint density at radius 2 is 2.09 bits per heavy atom. The zero-order chi connectivity index (χ0) is 16.0. The highest BCUT2D eigenvalue weighted by Crippen LogP contribution is 2.31. The van der Waals surface area contributed by atoms with Crippen LogP contribution in [0.3, 0.4) is 0 Å². The molecular weight excluding hydrogens is 306 g/mol. The average molecular weight is 317 g/mol. The summed E-state index contributed by atoms with van der Waals surface area (Å²) in [4.78, 5) is 31.0. The lowest BCUT2D eigenvalue weighted by Gasteiger charge is -2.02. The number of phenols is 1. The fourth-order valence-electron chi connectivity index (χ4n) is 2.21. The van der Waals surface area contributed by atoms with Crippen molar-refractivity contribution in [2.45, 2.75) is 13.8 Å². The van der Waals surface area contributed by atoms with Gasteiger partial charge in [0.1, 0.15) is 10.7 Å². The van der Waals surface area contributed by atoms with Gasteiger partial charge in [0.2, 0.25) is 0 Å². The molecule has 7 nitrogen and oxygen atoms in total. The van der Waals surface area contributed by atoms with E-state index in [0.717, 1.165) is 10.4 Å². The van der Waals surface area contributed by atoms with Crippen LogP contribution in [0.1, 0.15) is 10.4 Å². The number of fused-ring (bicyclic) bond motifs is 1. The second kappa shape index (κ2) is 4.92. The Hall–Kier alpha value is -2.74. The first-order valence-corrected chi connectivity index (χ1v) is 7.18. The highest BCUT2D eigenvalue weighted by molar-refractivity contribution is 7.18. The third-order valence-corrected chi connectivity index (χ3v) is 4.59. The molecule has 3 aromatic rings. The average Bonchev–Trinajstić information content (AvgIpc) is 2.74. The fraction of sp³-hybridized carbons (Fsp3) is 0.143. The van der Waals surface area contributed by atoms with Gasteiger partial charge in [0.25, 0.3) is 5.56 Å². The van der Waals surface area contributed by atoms with Crippen LogP contribution in [0.2, 0.25) is 0 Å². The quantitative estimate of drug-likeness (QED) is 0.558. The Labute approximate surface area is 128 Å². The van der Waals surface area contributed by atoms with Crippen molar-refractivity contribution < 1.29 is 10.0 Å². The normalized spacial score (nSPS) is 11.0. The van der Waals surface area contributed by atoms with E-state index in [0.29, 0.717) is 15.8 Å². The van der Waals surface area contributed by atoms with Crippen molar-refractivity contribution in [2.75, 3.05) is 0 Å². The monoisotopic (exact) mass is 317 g/mol. The summed E-state index contributed by atoms with van der Waals surface area (Å²) < 4.78 is 0. The van der Waals surface area contributed by atoms with E-state index in [9.17, 15) is 20.0 Å². The van der Waals surface area contributed by atoms with E-state index in [4.69, 9.17) is 0 Å². The summed E-state index contributed by atoms with van der Waals surface area (Å²) >= 11 is 1.40. The maximum atomic E-state index is 12.2. The molecule has 0 spiro atoms. The topological polar surface area (TPSA) is 109 Å². The van der Waals surface area contributed by atoms with Crippen LogP contribution in [0.25, 0.3) is 21.6 Å². The number of aromatic amines is 1. The van der Waals surface area contributed by atoms with E-state index in [-0.39, 0.29) is 11.4 Å². The number of aromatic hydroxyl groups is 1. The second-order valence-electron chi connectivity index (χ2n) is 4.84. The first-order valence-electron chi connectivity index (χ1n) is 6.36. The summed E-state index contributed by atoms with van der Waals surface area (Å²) in [5.74, 6) is -0.193. The molecule has 112 valence electrons. The zero-order valence-corrected chi connectivity index (χ0v) is 12.5. The maximum absolute atomic E-state index is 12.2. The van der Waals surface area contributed by atoms with Crippen molar-refractivity contribution in [3.63, 3.8) is 0 Å². The van der Waals surface area contributed by atoms with Crippen LogP contribution < -0.4 is 5.56 Å². The van der Waals surface area contributed by atoms with Crippen molar-refractivity contribution in [1.29, 1.82) is 0 Å². The van der Waals surface area contributed by atoms with E-state index >= 15 is 0 Å². The van der Waals surface area contributed by atoms with Gasteiger partial charge in [-0.15, -0.1) is 11.3 Å². The number of nitro benzene ring substituents is 1. The van der Waals surface area contributed by atoms with Crippen molar-refractivity contribution >= 4 is 27.2 Å². The molecule has 0 saturated carbocycles. The lowest BCUT2D eigenvalue weighted by atomic mass is 10.1. The largest absolute Gasteiger partial charge is 0.502 e. The zero-order valence-electron chi connectivity index (χ0n) is 11.7. The van der Waals surface area contributed by atoms with Crippen LogP contribution in [0, 0.1) is 24.0 Å². The van der Waals surface area contributed by atoms with Gasteiger partial charge < -0.3 is 10.1 Å². The van der Waals surface area contributed by atoms with E-state index in [1.54, 1.807) is 0 Å². The summed E-state index contributed by atoms with van der Waals surface area (Å²) in [6.07, 6.45) is 0. The Balaban J connectivity index is 2.25. The van der Waals surface area contributed by atoms with Crippen LogP contribution in [0.5, 0.6) is 5.75 Å². The molecule has 0 aliphatic rings. The van der Waals surface area contributed by atoms with E-state index < -0.39 is 16.4 Å². The Morgan fingerprint density at radius 1 is 1.36 bits per heavy atom. The third-order valence-electron chi connectivity index (χ3n) is 3.48. The molecule has 0 aliphatic heterocycles. The number of hydrogen-bond acceptors (Lipinski definition) is 6. The highest BCUT2D eigenvalue weighted by atomic mass is 32.1. The highest BCUT2D eigenvalue weighted by Gasteiger charge is 2.17. The summed E-state index contributed by atoms with van der Waals surface area (Å²) in [5, 5.41) is 20.9. The number of nitrogens with zero attached hydrogens (tertiary/aromatic N) is 2. The minimum Gasteiger partial charge on any atom is -0.502 e. The Kier molecular flexibility index (Phi) is 3.18. The minimum absolute atomic E-state index is 0.238. The number of rotatable bonds is 2. The Bertz CT molecular complexity index is 974. The van der Waals surface area contributed by atoms with Gasteiger partial charge in [-0.3, -0.25) is 14.9 Å². The first kappa shape index (κ1) is 14.2. The summed E-state index contributed by atoms with van der Waals surface area (Å²) in [6.45, 7) is 3.77. The third kappa shape index (κ3) is 2.13. The molecule has 0 bridgehead atoms. The SMILES string of the molecule is Cc1sc2nc(-c3ccc(O)c([N+](=O)[O-])c3)[nH]c(=O)c2c1C. The van der Waals surface area contributed by atoms with Crippen LogP contribution >= 0.6 is 11.3 Å². The van der Waals surface area contributed by atoms with Gasteiger partial charge in [-0.1, -0.05) is 0 Å². The summed E-state index contributed by atoms with van der Waals surface area (Å²) in [5.41, 5.74) is 0.542. The lowest BCUT2D eigenvalue weighted by Crippen LogP contribution is -2.09. The molecular formula is C14H11N3O4S. The predicted octanol–water partition coefficient (Wildman–Crippen LogP) is 2.88. The molecule has 0 radical (unpaired) electrons. The van der Waals surface area contributed by atoms with Crippen molar-refractivity contribution in [3.8, 4) is 17.1 Å². The molecule has 0 aliphatic carbocycles. The lowest BCUT2D eigenvalue weighted by molar-refractivity contribution is -0.385. The number of aryl methyl sites for hydroxylation is 2.